The average Bonchev–Trinajstić information content (AvgIpc) is 3.81. The number of carbonyl (C=O) groups is 2. The molecule has 9 heteroatoms. The maximum absolute atomic E-state index is 13.4. The van der Waals surface area contributed by atoms with Crippen molar-refractivity contribution in [2.45, 2.75) is 50.2 Å². The highest BCUT2D eigenvalue weighted by Gasteiger charge is 2.27. The molecule has 0 radical (unpaired) electrons. The van der Waals surface area contributed by atoms with Crippen molar-refractivity contribution in [2.24, 2.45) is 5.92 Å². The van der Waals surface area contributed by atoms with E-state index in [0.717, 1.165) is 55.6 Å². The van der Waals surface area contributed by atoms with Crippen molar-refractivity contribution in [3.05, 3.63) is 69.7 Å². The highest BCUT2D eigenvalue weighted by atomic mass is 35.5. The zero-order chi connectivity index (χ0) is 27.6. The van der Waals surface area contributed by atoms with Crippen molar-refractivity contribution >= 4 is 23.6 Å². The highest BCUT2D eigenvalue weighted by Crippen LogP contribution is 2.42. The molecule has 1 unspecified atom stereocenters. The fourth-order valence-corrected chi connectivity index (χ4v) is 5.28. The zero-order valence-corrected chi connectivity index (χ0v) is 23.6. The molecule has 2 aromatic carbocycles. The highest BCUT2D eigenvalue weighted by molar-refractivity contribution is 6.30. The summed E-state index contributed by atoms with van der Waals surface area (Å²) in [5, 5.41) is 9.74. The monoisotopic (exact) mass is 557 g/mol. The Morgan fingerprint density at radius 3 is 2.64 bits per heavy atom. The molecule has 1 aliphatic heterocycles. The first-order chi connectivity index (χ1) is 19.0. The quantitative estimate of drug-likeness (QED) is 0.306. The van der Waals surface area contributed by atoms with E-state index in [0.29, 0.717) is 29.0 Å². The number of carbonyl (C=O) groups excluding carboxylic acids is 2. The fourth-order valence-electron chi connectivity index (χ4n) is 5.08. The summed E-state index contributed by atoms with van der Waals surface area (Å²) in [5.74, 6) is 0.868. The van der Waals surface area contributed by atoms with Crippen LogP contribution in [0.2, 0.25) is 5.02 Å². The lowest BCUT2D eigenvalue weighted by molar-refractivity contribution is 0.0478. The van der Waals surface area contributed by atoms with Crippen LogP contribution >= 0.6 is 11.6 Å². The number of hydrogen-bond donors (Lipinski definition) is 3. The van der Waals surface area contributed by atoms with E-state index in [2.05, 4.69) is 26.8 Å². The Labute approximate surface area is 236 Å². The van der Waals surface area contributed by atoms with E-state index in [-0.39, 0.29) is 25.1 Å². The number of amides is 2. The van der Waals surface area contributed by atoms with E-state index >= 15 is 0 Å². The van der Waals surface area contributed by atoms with Crippen molar-refractivity contribution in [2.75, 3.05) is 47.1 Å². The summed E-state index contributed by atoms with van der Waals surface area (Å²) in [6.07, 6.45) is 4.49. The van der Waals surface area contributed by atoms with E-state index in [4.69, 9.17) is 21.1 Å². The van der Waals surface area contributed by atoms with E-state index in [9.17, 15) is 9.59 Å². The van der Waals surface area contributed by atoms with Gasteiger partial charge in [0, 0.05) is 42.9 Å². The average molecular weight is 558 g/mol. The third-order valence-corrected chi connectivity index (χ3v) is 7.61. The molecule has 0 spiro atoms. The first kappa shape index (κ1) is 29.3. The van der Waals surface area contributed by atoms with Crippen LogP contribution < -0.4 is 16.0 Å². The third-order valence-electron chi connectivity index (χ3n) is 7.37. The Morgan fingerprint density at radius 2 is 1.95 bits per heavy atom. The number of hydrogen-bond acceptors (Lipinski definition) is 6. The van der Waals surface area contributed by atoms with Gasteiger partial charge in [-0.25, -0.2) is 4.79 Å². The molecule has 1 saturated carbocycles. The van der Waals surface area contributed by atoms with Gasteiger partial charge < -0.3 is 30.2 Å². The standard InChI is InChI=1S/C30H40ClN3O5/c1-32-27(13-20-5-4-11-38-19-20)18-34-29(35)25-15-23(21-8-9-21)14-24(16-25)28(22-6-3-7-26(31)17-22)39-12-10-33-30(36)37-2/h3,6-7,14-17,20-21,27-28,32H,4-5,8-13,18-19H2,1-2H3,(H,33,36)(H,34,35)/t20-,27+,28?/m1/s1. The molecule has 1 saturated heterocycles. The largest absolute Gasteiger partial charge is 0.453 e. The Morgan fingerprint density at radius 1 is 1.10 bits per heavy atom. The Kier molecular flexibility index (Phi) is 11.0. The molecule has 4 rings (SSSR count). The molecule has 2 fully saturated rings. The van der Waals surface area contributed by atoms with Crippen LogP contribution in [0.3, 0.4) is 0 Å². The van der Waals surface area contributed by atoms with Crippen LogP contribution in [0, 0.1) is 5.92 Å². The molecular weight excluding hydrogens is 518 g/mol. The van der Waals surface area contributed by atoms with Gasteiger partial charge in [-0.3, -0.25) is 4.79 Å². The molecular formula is C30H40ClN3O5. The Bertz CT molecular complexity index is 1100. The predicted octanol–water partition coefficient (Wildman–Crippen LogP) is 4.81. The number of likely N-dealkylation sites (N-methyl/N-ethyl adjacent to an activating group) is 1. The van der Waals surface area contributed by atoms with Gasteiger partial charge >= 0.3 is 6.09 Å². The smallest absolute Gasteiger partial charge is 0.406 e. The van der Waals surface area contributed by atoms with E-state index < -0.39 is 12.2 Å². The molecule has 1 aliphatic carbocycles. The molecule has 2 aliphatic rings. The number of halogens is 1. The second kappa shape index (κ2) is 14.7. The van der Waals surface area contributed by atoms with Crippen LogP contribution in [0.25, 0.3) is 0 Å². The second-order valence-electron chi connectivity index (χ2n) is 10.4. The molecule has 2 amide bonds. The Balaban J connectivity index is 1.51. The molecule has 2 aromatic rings. The lowest BCUT2D eigenvalue weighted by Crippen LogP contribution is -2.41. The molecule has 1 heterocycles. The normalized spacial score (nSPS) is 18.7. The number of benzene rings is 2. The first-order valence-corrected chi connectivity index (χ1v) is 14.2. The minimum atomic E-state index is -0.511. The SMILES string of the molecule is CN[C@H](CNC(=O)c1cc(C2CC2)cc(C(OCCNC(=O)OC)c2cccc(Cl)c2)c1)C[C@H]1CCCOC1. The summed E-state index contributed by atoms with van der Waals surface area (Å²) in [7, 11) is 3.26. The summed E-state index contributed by atoms with van der Waals surface area (Å²) in [6.45, 7) is 2.73. The van der Waals surface area contributed by atoms with Crippen molar-refractivity contribution in [1.82, 2.24) is 16.0 Å². The fraction of sp³-hybridized carbons (Fsp3) is 0.533. The van der Waals surface area contributed by atoms with Gasteiger partial charge in [0.15, 0.2) is 0 Å². The van der Waals surface area contributed by atoms with Crippen LogP contribution in [-0.4, -0.2) is 65.1 Å². The van der Waals surface area contributed by atoms with Gasteiger partial charge in [-0.1, -0.05) is 29.8 Å². The minimum Gasteiger partial charge on any atom is -0.453 e. The zero-order valence-electron chi connectivity index (χ0n) is 22.8. The predicted molar refractivity (Wildman–Crippen MR) is 151 cm³/mol. The third kappa shape index (κ3) is 8.93. The molecule has 39 heavy (non-hydrogen) atoms. The van der Waals surface area contributed by atoms with E-state index in [1.165, 1.54) is 13.5 Å². The minimum absolute atomic E-state index is 0.101. The summed E-state index contributed by atoms with van der Waals surface area (Å²) >= 11 is 6.32. The van der Waals surface area contributed by atoms with Crippen LogP contribution in [-0.2, 0) is 14.2 Å². The molecule has 3 atom stereocenters. The number of rotatable bonds is 13. The van der Waals surface area contributed by atoms with Gasteiger partial charge in [-0.15, -0.1) is 0 Å². The number of alkyl carbamates (subject to hydrolysis) is 1. The van der Waals surface area contributed by atoms with Gasteiger partial charge in [0.1, 0.15) is 6.10 Å². The first-order valence-electron chi connectivity index (χ1n) is 13.8. The van der Waals surface area contributed by atoms with Crippen molar-refractivity contribution in [3.63, 3.8) is 0 Å². The van der Waals surface area contributed by atoms with Crippen LogP contribution in [0.4, 0.5) is 4.79 Å². The van der Waals surface area contributed by atoms with Crippen LogP contribution in [0.5, 0.6) is 0 Å². The number of ether oxygens (including phenoxy) is 3. The molecule has 8 nitrogen and oxygen atoms in total. The lowest BCUT2D eigenvalue weighted by Gasteiger charge is -2.26. The number of nitrogens with one attached hydrogen (secondary N) is 3. The van der Waals surface area contributed by atoms with Crippen molar-refractivity contribution < 1.29 is 23.8 Å². The van der Waals surface area contributed by atoms with Gasteiger partial charge in [0.25, 0.3) is 5.91 Å². The topological polar surface area (TPSA) is 97.9 Å². The maximum atomic E-state index is 13.4. The summed E-state index contributed by atoms with van der Waals surface area (Å²) in [4.78, 5) is 24.9. The van der Waals surface area contributed by atoms with Gasteiger partial charge in [0.2, 0.25) is 0 Å². The van der Waals surface area contributed by atoms with Crippen molar-refractivity contribution in [3.8, 4) is 0 Å². The van der Waals surface area contributed by atoms with E-state index in [1.54, 1.807) is 0 Å². The molecule has 3 N–H and O–H groups in total. The maximum Gasteiger partial charge on any atom is 0.406 e. The lowest BCUT2D eigenvalue weighted by atomic mass is 9.94. The second-order valence-corrected chi connectivity index (χ2v) is 10.8. The molecule has 212 valence electrons. The summed E-state index contributed by atoms with van der Waals surface area (Å²) in [5.41, 5.74) is 3.53. The summed E-state index contributed by atoms with van der Waals surface area (Å²) < 4.78 is 16.6. The van der Waals surface area contributed by atoms with Crippen LogP contribution in [0.1, 0.15) is 71.2 Å². The van der Waals surface area contributed by atoms with Crippen molar-refractivity contribution in [1.29, 1.82) is 0 Å². The van der Waals surface area contributed by atoms with Gasteiger partial charge in [-0.2, -0.15) is 0 Å². The number of methoxy groups -OCH3 is 1. The molecule has 0 aromatic heterocycles. The summed E-state index contributed by atoms with van der Waals surface area (Å²) in [6, 6.07) is 13.8. The van der Waals surface area contributed by atoms with Gasteiger partial charge in [0.05, 0.1) is 13.7 Å². The van der Waals surface area contributed by atoms with Crippen LogP contribution in [0.15, 0.2) is 42.5 Å². The Hall–Kier alpha value is -2.65. The van der Waals surface area contributed by atoms with Gasteiger partial charge in [-0.05, 0) is 91.9 Å². The molecule has 0 bridgehead atoms. The van der Waals surface area contributed by atoms with E-state index in [1.807, 2.05) is 43.4 Å².